The highest BCUT2D eigenvalue weighted by molar-refractivity contribution is 7.19. The Morgan fingerprint density at radius 3 is 3.12 bits per heavy atom. The van der Waals surface area contributed by atoms with E-state index in [1.165, 1.54) is 11.3 Å². The van der Waals surface area contributed by atoms with Crippen molar-refractivity contribution in [3.05, 3.63) is 22.4 Å². The molecular weight excluding hydrogens is 246 g/mol. The van der Waals surface area contributed by atoms with Gasteiger partial charge in [-0.1, -0.05) is 16.8 Å². The van der Waals surface area contributed by atoms with Crippen molar-refractivity contribution in [2.75, 3.05) is 6.54 Å². The molecule has 3 rings (SSSR count). The number of hydrogen-bond acceptors (Lipinski definition) is 5. The van der Waals surface area contributed by atoms with E-state index in [1.54, 1.807) is 0 Å². The monoisotopic (exact) mass is 255 g/mol. The number of hydrogen-bond donors (Lipinski definition) is 1. The normalized spacial score (nSPS) is 20.4. The second-order valence-corrected chi connectivity index (χ2v) is 5.42. The first-order valence-electron chi connectivity index (χ1n) is 5.15. The zero-order chi connectivity index (χ0) is 11.0. The molecule has 1 unspecified atom stereocenters. The van der Waals surface area contributed by atoms with Gasteiger partial charge in [0.05, 0.1) is 15.3 Å². The van der Waals surface area contributed by atoms with E-state index in [1.807, 2.05) is 12.1 Å². The highest BCUT2D eigenvalue weighted by Gasteiger charge is 2.22. The van der Waals surface area contributed by atoms with Gasteiger partial charge in [0, 0.05) is 0 Å². The first-order chi connectivity index (χ1) is 7.83. The van der Waals surface area contributed by atoms with E-state index in [2.05, 4.69) is 15.5 Å². The van der Waals surface area contributed by atoms with Gasteiger partial charge in [-0.25, -0.2) is 0 Å². The van der Waals surface area contributed by atoms with Crippen molar-refractivity contribution in [3.8, 4) is 10.7 Å². The van der Waals surface area contributed by atoms with Crippen LogP contribution in [0.25, 0.3) is 10.7 Å². The maximum Gasteiger partial charge on any atom is 0.244 e. The summed E-state index contributed by atoms with van der Waals surface area (Å²) in [5.41, 5.74) is 0. The molecule has 1 saturated heterocycles. The molecule has 1 fully saturated rings. The van der Waals surface area contributed by atoms with Crippen LogP contribution in [0.1, 0.15) is 24.8 Å². The minimum atomic E-state index is 0.219. The SMILES string of the molecule is Clc1ccc(-c2noc(C3CCCN3)n2)s1. The lowest BCUT2D eigenvalue weighted by atomic mass is 10.2. The Labute approximate surface area is 102 Å². The summed E-state index contributed by atoms with van der Waals surface area (Å²) in [6, 6.07) is 3.96. The number of rotatable bonds is 2. The molecule has 0 bridgehead atoms. The van der Waals surface area contributed by atoms with Crippen LogP contribution in [-0.2, 0) is 0 Å². The minimum absolute atomic E-state index is 0.219. The zero-order valence-corrected chi connectivity index (χ0v) is 10.0. The lowest BCUT2D eigenvalue weighted by Gasteiger charge is -2.01. The van der Waals surface area contributed by atoms with Gasteiger partial charge in [0.25, 0.3) is 0 Å². The fourth-order valence-corrected chi connectivity index (χ4v) is 2.78. The second-order valence-electron chi connectivity index (χ2n) is 3.71. The highest BCUT2D eigenvalue weighted by Crippen LogP contribution is 2.30. The molecule has 0 amide bonds. The van der Waals surface area contributed by atoms with Crippen LogP contribution in [0.3, 0.4) is 0 Å². The lowest BCUT2D eigenvalue weighted by Crippen LogP contribution is -2.12. The fraction of sp³-hybridized carbons (Fsp3) is 0.400. The molecule has 0 aromatic carbocycles. The first kappa shape index (κ1) is 10.3. The molecule has 1 aliphatic heterocycles. The van der Waals surface area contributed by atoms with Crippen LogP contribution in [0.2, 0.25) is 4.34 Å². The third-order valence-electron chi connectivity index (χ3n) is 2.59. The van der Waals surface area contributed by atoms with E-state index >= 15 is 0 Å². The molecule has 0 saturated carbocycles. The first-order valence-corrected chi connectivity index (χ1v) is 6.35. The van der Waals surface area contributed by atoms with E-state index in [4.69, 9.17) is 16.1 Å². The molecule has 1 aliphatic rings. The Morgan fingerprint density at radius 2 is 2.44 bits per heavy atom. The Kier molecular flexibility index (Phi) is 2.67. The summed E-state index contributed by atoms with van der Waals surface area (Å²) in [4.78, 5) is 5.33. The summed E-state index contributed by atoms with van der Waals surface area (Å²) in [7, 11) is 0. The number of nitrogens with zero attached hydrogens (tertiary/aromatic N) is 2. The maximum absolute atomic E-state index is 5.86. The maximum atomic E-state index is 5.86. The Bertz CT molecular complexity index is 490. The molecule has 1 N–H and O–H groups in total. The molecule has 1 atom stereocenters. The third-order valence-corrected chi connectivity index (χ3v) is 3.82. The van der Waals surface area contributed by atoms with Crippen molar-refractivity contribution in [2.45, 2.75) is 18.9 Å². The average molecular weight is 256 g/mol. The smallest absolute Gasteiger partial charge is 0.244 e. The van der Waals surface area contributed by atoms with E-state index < -0.39 is 0 Å². The standard InChI is InChI=1S/C10H10ClN3OS/c11-8-4-3-7(16-8)9-13-10(15-14-9)6-2-1-5-12-6/h3-4,6,12H,1-2,5H2. The molecule has 2 aromatic rings. The van der Waals surface area contributed by atoms with Crippen LogP contribution in [0, 0.1) is 0 Å². The summed E-state index contributed by atoms with van der Waals surface area (Å²) in [6.07, 6.45) is 2.22. The van der Waals surface area contributed by atoms with Crippen LogP contribution >= 0.6 is 22.9 Å². The van der Waals surface area contributed by atoms with Crippen molar-refractivity contribution in [2.24, 2.45) is 0 Å². The van der Waals surface area contributed by atoms with Crippen molar-refractivity contribution >= 4 is 22.9 Å². The molecule has 2 aromatic heterocycles. The second kappa shape index (κ2) is 4.16. The molecule has 6 heteroatoms. The largest absolute Gasteiger partial charge is 0.337 e. The van der Waals surface area contributed by atoms with Crippen LogP contribution in [0.5, 0.6) is 0 Å². The van der Waals surface area contributed by atoms with Crippen LogP contribution in [0.4, 0.5) is 0 Å². The molecular formula is C10H10ClN3OS. The quantitative estimate of drug-likeness (QED) is 0.897. The van der Waals surface area contributed by atoms with Crippen molar-refractivity contribution in [1.29, 1.82) is 0 Å². The number of halogens is 1. The number of nitrogens with one attached hydrogen (secondary N) is 1. The van der Waals surface area contributed by atoms with Gasteiger partial charge in [0.15, 0.2) is 0 Å². The van der Waals surface area contributed by atoms with Gasteiger partial charge in [-0.15, -0.1) is 11.3 Å². The van der Waals surface area contributed by atoms with Crippen molar-refractivity contribution in [3.63, 3.8) is 0 Å². The Hall–Kier alpha value is -0.910. The van der Waals surface area contributed by atoms with E-state index in [0.717, 1.165) is 28.6 Å². The summed E-state index contributed by atoms with van der Waals surface area (Å²) in [6.45, 7) is 1.02. The van der Waals surface area contributed by atoms with E-state index in [9.17, 15) is 0 Å². The summed E-state index contributed by atoms with van der Waals surface area (Å²) in [5.74, 6) is 1.30. The molecule has 4 nitrogen and oxygen atoms in total. The molecule has 16 heavy (non-hydrogen) atoms. The van der Waals surface area contributed by atoms with Gasteiger partial charge in [0.2, 0.25) is 11.7 Å². The minimum Gasteiger partial charge on any atom is -0.337 e. The zero-order valence-electron chi connectivity index (χ0n) is 8.44. The number of aromatic nitrogens is 2. The molecule has 0 spiro atoms. The average Bonchev–Trinajstić information content (AvgIpc) is 2.97. The molecule has 0 aliphatic carbocycles. The van der Waals surface area contributed by atoms with Crippen molar-refractivity contribution < 1.29 is 4.52 Å². The third kappa shape index (κ3) is 1.86. The molecule has 0 radical (unpaired) electrons. The van der Waals surface area contributed by atoms with Crippen LogP contribution < -0.4 is 5.32 Å². The van der Waals surface area contributed by atoms with Gasteiger partial charge in [0.1, 0.15) is 0 Å². The van der Waals surface area contributed by atoms with Gasteiger partial charge >= 0.3 is 0 Å². The highest BCUT2D eigenvalue weighted by atomic mass is 35.5. The summed E-state index contributed by atoms with van der Waals surface area (Å²) in [5, 5.41) is 7.29. The Balaban J connectivity index is 1.87. The van der Waals surface area contributed by atoms with Gasteiger partial charge < -0.3 is 9.84 Å². The Morgan fingerprint density at radius 1 is 1.50 bits per heavy atom. The van der Waals surface area contributed by atoms with Crippen molar-refractivity contribution in [1.82, 2.24) is 15.5 Å². The van der Waals surface area contributed by atoms with Gasteiger partial charge in [-0.05, 0) is 31.5 Å². The lowest BCUT2D eigenvalue weighted by molar-refractivity contribution is 0.345. The summed E-state index contributed by atoms with van der Waals surface area (Å²) < 4.78 is 5.99. The fourth-order valence-electron chi connectivity index (χ4n) is 1.81. The number of thiophene rings is 1. The predicted octanol–water partition coefficient (Wildman–Crippen LogP) is 2.88. The molecule has 3 heterocycles. The van der Waals surface area contributed by atoms with E-state index in [0.29, 0.717) is 11.7 Å². The van der Waals surface area contributed by atoms with E-state index in [-0.39, 0.29) is 6.04 Å². The summed E-state index contributed by atoms with van der Waals surface area (Å²) >= 11 is 7.32. The van der Waals surface area contributed by atoms with Gasteiger partial charge in [-0.2, -0.15) is 4.98 Å². The van der Waals surface area contributed by atoms with Crippen LogP contribution in [-0.4, -0.2) is 16.7 Å². The van der Waals surface area contributed by atoms with Gasteiger partial charge in [-0.3, -0.25) is 0 Å². The van der Waals surface area contributed by atoms with Crippen LogP contribution in [0.15, 0.2) is 16.7 Å². The predicted molar refractivity (Wildman–Crippen MR) is 62.6 cm³/mol. The topological polar surface area (TPSA) is 51.0 Å². The molecule has 84 valence electrons.